The quantitative estimate of drug-likeness (QED) is 0.926. The molecule has 1 aliphatic rings. The van der Waals surface area contributed by atoms with Crippen LogP contribution in [0.25, 0.3) is 11.5 Å². The number of aryl methyl sites for hydroxylation is 2. The average Bonchev–Trinajstić information content (AvgIpc) is 3.01. The minimum atomic E-state index is -0.148. The summed E-state index contributed by atoms with van der Waals surface area (Å²) in [4.78, 5) is 25.5. The molecular weight excluding hydrogens is 306 g/mol. The summed E-state index contributed by atoms with van der Waals surface area (Å²) in [7, 11) is 3.62. The normalized spacial score (nSPS) is 20.8. The second kappa shape index (κ2) is 7.09. The Kier molecular flexibility index (Phi) is 4.89. The largest absolute Gasteiger partial charge is 0.381 e. The van der Waals surface area contributed by atoms with Crippen molar-refractivity contribution in [1.29, 1.82) is 0 Å². The van der Waals surface area contributed by atoms with E-state index in [4.69, 9.17) is 4.74 Å². The number of methoxy groups -OCH3 is 1. The molecule has 24 heavy (non-hydrogen) atoms. The molecule has 1 fully saturated rings. The third kappa shape index (κ3) is 3.62. The van der Waals surface area contributed by atoms with Crippen LogP contribution >= 0.6 is 0 Å². The number of aromatic nitrogens is 4. The van der Waals surface area contributed by atoms with Gasteiger partial charge in [-0.3, -0.25) is 4.79 Å². The van der Waals surface area contributed by atoms with E-state index in [0.29, 0.717) is 17.6 Å². The van der Waals surface area contributed by atoms with E-state index >= 15 is 0 Å². The van der Waals surface area contributed by atoms with Gasteiger partial charge in [0.15, 0.2) is 5.82 Å². The third-order valence-corrected chi connectivity index (χ3v) is 4.48. The van der Waals surface area contributed by atoms with E-state index in [9.17, 15) is 4.79 Å². The Balaban J connectivity index is 1.73. The van der Waals surface area contributed by atoms with Gasteiger partial charge in [-0.2, -0.15) is 0 Å². The molecule has 0 aliphatic heterocycles. The van der Waals surface area contributed by atoms with Crippen molar-refractivity contribution in [3.05, 3.63) is 30.0 Å². The Hall–Kier alpha value is -2.28. The monoisotopic (exact) mass is 329 g/mol. The third-order valence-electron chi connectivity index (χ3n) is 4.48. The van der Waals surface area contributed by atoms with Gasteiger partial charge in [0.2, 0.25) is 0 Å². The molecule has 0 bridgehead atoms. The summed E-state index contributed by atoms with van der Waals surface area (Å²) < 4.78 is 7.21. The van der Waals surface area contributed by atoms with Crippen molar-refractivity contribution in [2.45, 2.75) is 44.8 Å². The highest BCUT2D eigenvalue weighted by Gasteiger charge is 2.23. The van der Waals surface area contributed by atoms with E-state index in [1.165, 1.54) is 0 Å². The van der Waals surface area contributed by atoms with Gasteiger partial charge >= 0.3 is 0 Å². The minimum Gasteiger partial charge on any atom is -0.381 e. The van der Waals surface area contributed by atoms with Crippen molar-refractivity contribution in [1.82, 2.24) is 24.8 Å². The molecule has 0 radical (unpaired) electrons. The first-order chi connectivity index (χ1) is 11.6. The number of rotatable bonds is 4. The van der Waals surface area contributed by atoms with Crippen LogP contribution < -0.4 is 5.32 Å². The van der Waals surface area contributed by atoms with Crippen molar-refractivity contribution in [3.8, 4) is 11.5 Å². The van der Waals surface area contributed by atoms with E-state index in [-0.39, 0.29) is 11.9 Å². The summed E-state index contributed by atoms with van der Waals surface area (Å²) in [5.74, 6) is 0.369. The maximum atomic E-state index is 12.6. The fourth-order valence-corrected chi connectivity index (χ4v) is 3.07. The van der Waals surface area contributed by atoms with Gasteiger partial charge in [-0.25, -0.2) is 15.0 Å². The highest BCUT2D eigenvalue weighted by molar-refractivity contribution is 5.92. The van der Waals surface area contributed by atoms with Crippen LogP contribution in [0.3, 0.4) is 0 Å². The summed E-state index contributed by atoms with van der Waals surface area (Å²) in [5.41, 5.74) is 1.94. The van der Waals surface area contributed by atoms with Crippen molar-refractivity contribution < 1.29 is 9.53 Å². The Morgan fingerprint density at radius 2 is 2.04 bits per heavy atom. The average molecular weight is 329 g/mol. The molecule has 2 heterocycles. The predicted molar refractivity (Wildman–Crippen MR) is 89.5 cm³/mol. The molecule has 0 saturated heterocycles. The Morgan fingerprint density at radius 1 is 1.29 bits per heavy atom. The SMILES string of the molecule is CO[C@H]1CC[C@H](NC(=O)c2cc(C)nc(-c3cncn3C)n2)CC1. The number of carbonyl (C=O) groups excluding carboxylic acids is 1. The van der Waals surface area contributed by atoms with Crippen LogP contribution in [0.4, 0.5) is 0 Å². The maximum Gasteiger partial charge on any atom is 0.270 e. The van der Waals surface area contributed by atoms with E-state index in [1.807, 2.05) is 18.5 Å². The van der Waals surface area contributed by atoms with Crippen LogP contribution in [0.15, 0.2) is 18.6 Å². The van der Waals surface area contributed by atoms with Gasteiger partial charge < -0.3 is 14.6 Å². The van der Waals surface area contributed by atoms with Crippen LogP contribution in [-0.2, 0) is 11.8 Å². The Morgan fingerprint density at radius 3 is 2.67 bits per heavy atom. The van der Waals surface area contributed by atoms with E-state index in [2.05, 4.69) is 20.3 Å². The number of ether oxygens (including phenoxy) is 1. The number of nitrogens with one attached hydrogen (secondary N) is 1. The molecule has 1 aliphatic carbocycles. The van der Waals surface area contributed by atoms with Crippen LogP contribution in [0, 0.1) is 6.92 Å². The molecule has 3 rings (SSSR count). The van der Waals surface area contributed by atoms with E-state index in [0.717, 1.165) is 37.1 Å². The zero-order valence-corrected chi connectivity index (χ0v) is 14.3. The van der Waals surface area contributed by atoms with Crippen molar-refractivity contribution in [2.75, 3.05) is 7.11 Å². The molecule has 2 aromatic heterocycles. The molecule has 2 aromatic rings. The van der Waals surface area contributed by atoms with Crippen molar-refractivity contribution >= 4 is 5.91 Å². The Labute approximate surface area is 141 Å². The summed E-state index contributed by atoms with van der Waals surface area (Å²) >= 11 is 0. The zero-order valence-electron chi connectivity index (χ0n) is 14.3. The first-order valence-electron chi connectivity index (χ1n) is 8.23. The smallest absolute Gasteiger partial charge is 0.270 e. The first kappa shape index (κ1) is 16.6. The standard InChI is InChI=1S/C17H23N5O2/c1-11-8-14(21-16(19-11)15-9-18-10-22(15)2)17(23)20-12-4-6-13(24-3)7-5-12/h8-10,12-13H,4-7H2,1-3H3,(H,20,23)/t12-,13-. The number of imidazole rings is 1. The molecule has 7 nitrogen and oxygen atoms in total. The minimum absolute atomic E-state index is 0.148. The molecule has 1 saturated carbocycles. The number of hydrogen-bond donors (Lipinski definition) is 1. The zero-order chi connectivity index (χ0) is 17.1. The predicted octanol–water partition coefficient (Wildman–Crippen LogP) is 1.87. The summed E-state index contributed by atoms with van der Waals surface area (Å²) in [6.45, 7) is 1.86. The lowest BCUT2D eigenvalue weighted by Gasteiger charge is -2.28. The fraction of sp³-hybridized carbons (Fsp3) is 0.529. The maximum absolute atomic E-state index is 12.6. The second-order valence-electron chi connectivity index (χ2n) is 6.29. The van der Waals surface area contributed by atoms with Gasteiger partial charge in [-0.1, -0.05) is 0 Å². The molecular formula is C17H23N5O2. The summed E-state index contributed by atoms with van der Waals surface area (Å²) in [5, 5.41) is 3.09. The van der Waals surface area contributed by atoms with Crippen LogP contribution in [0.1, 0.15) is 41.9 Å². The van der Waals surface area contributed by atoms with Crippen LogP contribution in [0.5, 0.6) is 0 Å². The molecule has 7 heteroatoms. The van der Waals surface area contributed by atoms with Gasteiger partial charge in [0.1, 0.15) is 11.4 Å². The van der Waals surface area contributed by atoms with Crippen molar-refractivity contribution in [2.24, 2.45) is 7.05 Å². The number of carbonyl (C=O) groups is 1. The molecule has 0 unspecified atom stereocenters. The lowest BCUT2D eigenvalue weighted by molar-refractivity contribution is 0.0598. The summed E-state index contributed by atoms with van der Waals surface area (Å²) in [6, 6.07) is 1.90. The van der Waals surface area contributed by atoms with E-state index < -0.39 is 0 Å². The molecule has 0 aromatic carbocycles. The lowest BCUT2D eigenvalue weighted by atomic mass is 9.93. The number of nitrogens with zero attached hydrogens (tertiary/aromatic N) is 4. The van der Waals surface area contributed by atoms with Crippen LogP contribution in [-0.4, -0.2) is 44.7 Å². The van der Waals surface area contributed by atoms with Gasteiger partial charge in [0.05, 0.1) is 18.6 Å². The molecule has 128 valence electrons. The summed E-state index contributed by atoms with van der Waals surface area (Å²) in [6.07, 6.45) is 7.52. The second-order valence-corrected chi connectivity index (χ2v) is 6.29. The van der Waals surface area contributed by atoms with Crippen LogP contribution in [0.2, 0.25) is 0 Å². The number of hydrogen-bond acceptors (Lipinski definition) is 5. The highest BCUT2D eigenvalue weighted by Crippen LogP contribution is 2.21. The molecule has 1 N–H and O–H groups in total. The van der Waals surface area contributed by atoms with Gasteiger partial charge in [-0.15, -0.1) is 0 Å². The highest BCUT2D eigenvalue weighted by atomic mass is 16.5. The van der Waals surface area contributed by atoms with E-state index in [1.54, 1.807) is 25.7 Å². The van der Waals surface area contributed by atoms with Crippen molar-refractivity contribution in [3.63, 3.8) is 0 Å². The molecule has 0 spiro atoms. The fourth-order valence-electron chi connectivity index (χ4n) is 3.07. The lowest BCUT2D eigenvalue weighted by Crippen LogP contribution is -2.39. The molecule has 1 amide bonds. The number of amides is 1. The van der Waals surface area contributed by atoms with Gasteiger partial charge in [-0.05, 0) is 38.7 Å². The topological polar surface area (TPSA) is 81.9 Å². The molecule has 0 atom stereocenters. The van der Waals surface area contributed by atoms with Gasteiger partial charge in [0.25, 0.3) is 5.91 Å². The van der Waals surface area contributed by atoms with Gasteiger partial charge in [0, 0.05) is 25.9 Å². The Bertz CT molecular complexity index is 720. The first-order valence-corrected chi connectivity index (χ1v) is 8.23.